The molecule has 148 valence electrons. The third-order valence-corrected chi connectivity index (χ3v) is 4.67. The van der Waals surface area contributed by atoms with Crippen LogP contribution in [0.25, 0.3) is 0 Å². The zero-order chi connectivity index (χ0) is 20.9. The predicted molar refractivity (Wildman–Crippen MR) is 108 cm³/mol. The van der Waals surface area contributed by atoms with Gasteiger partial charge in [-0.2, -0.15) is 0 Å². The molecule has 0 aromatic heterocycles. The second-order valence-corrected chi connectivity index (χ2v) is 7.42. The fourth-order valence-electron chi connectivity index (χ4n) is 2.79. The van der Waals surface area contributed by atoms with Gasteiger partial charge < -0.3 is 15.7 Å². The number of hydrogen-bond donors (Lipinski definition) is 3. The van der Waals surface area contributed by atoms with E-state index in [0.717, 1.165) is 11.1 Å². The summed E-state index contributed by atoms with van der Waals surface area (Å²) in [4.78, 5) is 35.4. The summed E-state index contributed by atoms with van der Waals surface area (Å²) in [5.74, 6) is -1.37. The van der Waals surface area contributed by atoms with Gasteiger partial charge in [-0.1, -0.05) is 42.0 Å². The van der Waals surface area contributed by atoms with Gasteiger partial charge in [0, 0.05) is 12.6 Å². The van der Waals surface area contributed by atoms with E-state index in [1.54, 1.807) is 38.1 Å². The number of aryl methyl sites for hydroxylation is 1. The number of carbonyl (C=O) groups excluding carboxylic acids is 2. The first kappa shape index (κ1) is 21.2. The topological polar surface area (TPSA) is 95.5 Å². The number of benzene rings is 2. The number of aliphatic carboxylic acids is 1. The normalized spacial score (nSPS) is 12.1. The maximum atomic E-state index is 12.5. The van der Waals surface area contributed by atoms with E-state index in [0.29, 0.717) is 11.3 Å². The van der Waals surface area contributed by atoms with Gasteiger partial charge in [0.05, 0.1) is 17.9 Å². The largest absolute Gasteiger partial charge is 0.481 e. The molecule has 6 nitrogen and oxygen atoms in total. The van der Waals surface area contributed by atoms with Crippen LogP contribution in [0.3, 0.4) is 0 Å². The van der Waals surface area contributed by atoms with Crippen molar-refractivity contribution in [3.05, 3.63) is 65.2 Å². The molecule has 3 N–H and O–H groups in total. The highest BCUT2D eigenvalue weighted by atomic mass is 16.4. The smallest absolute Gasteiger partial charge is 0.313 e. The summed E-state index contributed by atoms with van der Waals surface area (Å²) in [6.45, 7) is 6.65. The average molecular weight is 382 g/mol. The Labute approximate surface area is 165 Å². The maximum absolute atomic E-state index is 12.5. The summed E-state index contributed by atoms with van der Waals surface area (Å²) >= 11 is 0. The summed E-state index contributed by atoms with van der Waals surface area (Å²) in [5.41, 5.74) is 2.16. The minimum Gasteiger partial charge on any atom is -0.481 e. The standard InChI is InChI=1S/C22H26N2O4/c1-14-5-7-16(8-6-14)19(23-15(2)25)13-20(26)24-18-11-9-17(10-12-18)22(3,4)21(27)28/h5-12,19H,13H2,1-4H3,(H,23,25)(H,24,26)(H,27,28). The third kappa shape index (κ3) is 5.42. The lowest BCUT2D eigenvalue weighted by Crippen LogP contribution is -2.30. The Morgan fingerprint density at radius 1 is 1.00 bits per heavy atom. The zero-order valence-electron chi connectivity index (χ0n) is 16.6. The van der Waals surface area contributed by atoms with E-state index < -0.39 is 17.4 Å². The lowest BCUT2D eigenvalue weighted by atomic mass is 9.85. The molecule has 0 radical (unpaired) electrons. The number of amides is 2. The van der Waals surface area contributed by atoms with Crippen LogP contribution in [-0.4, -0.2) is 22.9 Å². The summed E-state index contributed by atoms with van der Waals surface area (Å²) in [6, 6.07) is 14.0. The van der Waals surface area contributed by atoms with Crippen molar-refractivity contribution in [2.24, 2.45) is 0 Å². The predicted octanol–water partition coefficient (Wildman–Crippen LogP) is 3.56. The molecule has 0 saturated heterocycles. The van der Waals surface area contributed by atoms with E-state index in [9.17, 15) is 19.5 Å². The van der Waals surface area contributed by atoms with Gasteiger partial charge in [0.2, 0.25) is 11.8 Å². The van der Waals surface area contributed by atoms with Gasteiger partial charge in [0.25, 0.3) is 0 Å². The monoisotopic (exact) mass is 382 g/mol. The van der Waals surface area contributed by atoms with Crippen LogP contribution in [-0.2, 0) is 19.8 Å². The molecule has 2 aromatic rings. The van der Waals surface area contributed by atoms with E-state index >= 15 is 0 Å². The van der Waals surface area contributed by atoms with Crippen LogP contribution in [0.15, 0.2) is 48.5 Å². The second kappa shape index (κ2) is 8.69. The Hall–Kier alpha value is -3.15. The lowest BCUT2D eigenvalue weighted by molar-refractivity contribution is -0.142. The van der Waals surface area contributed by atoms with Crippen molar-refractivity contribution in [2.75, 3.05) is 5.32 Å². The molecule has 0 spiro atoms. The van der Waals surface area contributed by atoms with Gasteiger partial charge in [0.15, 0.2) is 0 Å². The van der Waals surface area contributed by atoms with Crippen molar-refractivity contribution in [1.82, 2.24) is 5.32 Å². The van der Waals surface area contributed by atoms with Crippen molar-refractivity contribution < 1.29 is 19.5 Å². The molecule has 1 atom stereocenters. The van der Waals surface area contributed by atoms with Crippen LogP contribution < -0.4 is 10.6 Å². The SMILES string of the molecule is CC(=O)NC(CC(=O)Nc1ccc(C(C)(C)C(=O)O)cc1)c1ccc(C)cc1. The minimum atomic E-state index is -1.01. The molecule has 0 saturated carbocycles. The highest BCUT2D eigenvalue weighted by Crippen LogP contribution is 2.25. The van der Waals surface area contributed by atoms with Crippen LogP contribution in [0.2, 0.25) is 0 Å². The van der Waals surface area contributed by atoms with Gasteiger partial charge in [-0.25, -0.2) is 0 Å². The maximum Gasteiger partial charge on any atom is 0.313 e. The van der Waals surface area contributed by atoms with E-state index in [1.165, 1.54) is 6.92 Å². The van der Waals surface area contributed by atoms with Crippen LogP contribution in [0, 0.1) is 6.92 Å². The highest BCUT2D eigenvalue weighted by molar-refractivity contribution is 5.91. The highest BCUT2D eigenvalue weighted by Gasteiger charge is 2.29. The van der Waals surface area contributed by atoms with Crippen molar-refractivity contribution in [1.29, 1.82) is 0 Å². The molecule has 0 fully saturated rings. The molecule has 2 rings (SSSR count). The van der Waals surface area contributed by atoms with Crippen molar-refractivity contribution in [3.63, 3.8) is 0 Å². The van der Waals surface area contributed by atoms with Crippen molar-refractivity contribution in [3.8, 4) is 0 Å². The Balaban J connectivity index is 2.09. The molecule has 0 aliphatic heterocycles. The number of carboxylic acid groups (broad SMARTS) is 1. The molecule has 0 aliphatic rings. The van der Waals surface area contributed by atoms with Crippen molar-refractivity contribution >= 4 is 23.5 Å². The lowest BCUT2D eigenvalue weighted by Gasteiger charge is -2.20. The second-order valence-electron chi connectivity index (χ2n) is 7.42. The fourth-order valence-corrected chi connectivity index (χ4v) is 2.79. The van der Waals surface area contributed by atoms with E-state index in [-0.39, 0.29) is 18.2 Å². The van der Waals surface area contributed by atoms with Gasteiger partial charge >= 0.3 is 5.97 Å². The molecule has 6 heteroatoms. The zero-order valence-corrected chi connectivity index (χ0v) is 16.6. The Bertz CT molecular complexity index is 855. The van der Waals surface area contributed by atoms with Crippen LogP contribution in [0.4, 0.5) is 5.69 Å². The third-order valence-electron chi connectivity index (χ3n) is 4.67. The number of carboxylic acids is 1. The van der Waals surface area contributed by atoms with E-state index in [2.05, 4.69) is 10.6 Å². The molecular weight excluding hydrogens is 356 g/mol. The van der Waals surface area contributed by atoms with Crippen molar-refractivity contribution in [2.45, 2.75) is 45.6 Å². The summed E-state index contributed by atoms with van der Waals surface area (Å²) in [5, 5.41) is 14.9. The number of anilines is 1. The number of rotatable bonds is 7. The first-order valence-corrected chi connectivity index (χ1v) is 9.07. The molecule has 2 amide bonds. The summed E-state index contributed by atoms with van der Waals surface area (Å²) in [6.07, 6.45) is 0.0883. The Kier molecular flexibility index (Phi) is 6.57. The Morgan fingerprint density at radius 3 is 2.07 bits per heavy atom. The fraction of sp³-hybridized carbons (Fsp3) is 0.318. The summed E-state index contributed by atoms with van der Waals surface area (Å²) < 4.78 is 0. The van der Waals surface area contributed by atoms with E-state index in [1.807, 2.05) is 31.2 Å². The molecule has 0 bridgehead atoms. The molecule has 2 aromatic carbocycles. The molecule has 1 unspecified atom stereocenters. The average Bonchev–Trinajstić information content (AvgIpc) is 2.61. The van der Waals surface area contributed by atoms with Crippen LogP contribution >= 0.6 is 0 Å². The number of nitrogens with one attached hydrogen (secondary N) is 2. The molecular formula is C22H26N2O4. The first-order valence-electron chi connectivity index (χ1n) is 9.07. The Morgan fingerprint density at radius 2 is 1.57 bits per heavy atom. The van der Waals surface area contributed by atoms with Crippen LogP contribution in [0.5, 0.6) is 0 Å². The quantitative estimate of drug-likeness (QED) is 0.682. The van der Waals surface area contributed by atoms with E-state index in [4.69, 9.17) is 0 Å². The van der Waals surface area contributed by atoms with Gasteiger partial charge in [-0.15, -0.1) is 0 Å². The summed E-state index contributed by atoms with van der Waals surface area (Å²) in [7, 11) is 0. The minimum absolute atomic E-state index is 0.0883. The molecule has 0 aliphatic carbocycles. The van der Waals surface area contributed by atoms with Gasteiger partial charge in [0.1, 0.15) is 0 Å². The van der Waals surface area contributed by atoms with Crippen LogP contribution in [0.1, 0.15) is 49.9 Å². The van der Waals surface area contributed by atoms with Gasteiger partial charge in [-0.3, -0.25) is 14.4 Å². The molecule has 28 heavy (non-hydrogen) atoms. The number of hydrogen-bond acceptors (Lipinski definition) is 3. The number of carbonyl (C=O) groups is 3. The van der Waals surface area contributed by atoms with Gasteiger partial charge in [-0.05, 0) is 44.0 Å². The molecule has 0 heterocycles. The first-order chi connectivity index (χ1) is 13.1.